The van der Waals surface area contributed by atoms with Crippen LogP contribution in [0.5, 0.6) is 5.75 Å². The maximum Gasteiger partial charge on any atom is 0.243 e. The molecule has 0 N–H and O–H groups in total. The number of nitrogens with zero attached hydrogens (tertiary/aromatic N) is 2. The molecule has 0 radical (unpaired) electrons. The first-order valence-corrected chi connectivity index (χ1v) is 9.62. The second-order valence-electron chi connectivity index (χ2n) is 6.12. The number of piperazine rings is 1. The smallest absolute Gasteiger partial charge is 0.243 e. The molecule has 0 aromatic heterocycles. The third-order valence-corrected chi connectivity index (χ3v) is 6.57. The highest BCUT2D eigenvalue weighted by molar-refractivity contribution is 7.89. The van der Waals surface area contributed by atoms with Crippen LogP contribution in [0.15, 0.2) is 41.3 Å². The summed E-state index contributed by atoms with van der Waals surface area (Å²) >= 11 is 0. The summed E-state index contributed by atoms with van der Waals surface area (Å²) < 4.78 is 58.8. The number of hydrogen-bond acceptors (Lipinski definition) is 4. The Morgan fingerprint density at radius 3 is 2.23 bits per heavy atom. The molecule has 2 aromatic rings. The van der Waals surface area contributed by atoms with E-state index in [4.69, 9.17) is 4.74 Å². The van der Waals surface area contributed by atoms with Crippen molar-refractivity contribution in [1.82, 2.24) is 4.31 Å². The zero-order valence-electron chi connectivity index (χ0n) is 14.6. The topological polar surface area (TPSA) is 49.9 Å². The van der Waals surface area contributed by atoms with Crippen LogP contribution in [0.2, 0.25) is 0 Å². The van der Waals surface area contributed by atoms with E-state index in [9.17, 15) is 17.2 Å². The molecular formula is C18H20F2N2O3S. The Morgan fingerprint density at radius 2 is 1.65 bits per heavy atom. The van der Waals surface area contributed by atoms with Gasteiger partial charge in [-0.05, 0) is 42.8 Å². The van der Waals surface area contributed by atoms with Crippen molar-refractivity contribution in [3.05, 3.63) is 53.6 Å². The van der Waals surface area contributed by atoms with Gasteiger partial charge >= 0.3 is 0 Å². The molecule has 26 heavy (non-hydrogen) atoms. The van der Waals surface area contributed by atoms with Gasteiger partial charge in [-0.15, -0.1) is 0 Å². The Hall–Kier alpha value is -2.19. The molecule has 1 heterocycles. The van der Waals surface area contributed by atoms with Crippen LogP contribution in [0.4, 0.5) is 14.5 Å². The van der Waals surface area contributed by atoms with Crippen molar-refractivity contribution >= 4 is 15.7 Å². The monoisotopic (exact) mass is 382 g/mol. The van der Waals surface area contributed by atoms with Gasteiger partial charge in [0.05, 0.1) is 12.0 Å². The van der Waals surface area contributed by atoms with Gasteiger partial charge in [0.1, 0.15) is 5.75 Å². The first-order chi connectivity index (χ1) is 12.3. The molecule has 140 valence electrons. The lowest BCUT2D eigenvalue weighted by molar-refractivity contribution is 0.384. The van der Waals surface area contributed by atoms with Crippen LogP contribution in [0.3, 0.4) is 0 Å². The van der Waals surface area contributed by atoms with Crippen molar-refractivity contribution in [3.8, 4) is 5.75 Å². The summed E-state index contributed by atoms with van der Waals surface area (Å²) in [6.07, 6.45) is 0. The van der Waals surface area contributed by atoms with Gasteiger partial charge in [-0.2, -0.15) is 4.31 Å². The number of methoxy groups -OCH3 is 1. The second kappa shape index (κ2) is 7.20. The maximum absolute atomic E-state index is 13.4. The molecule has 0 unspecified atom stereocenters. The summed E-state index contributed by atoms with van der Waals surface area (Å²) in [6, 6.07) is 8.56. The Bertz CT molecular complexity index is 911. The summed E-state index contributed by atoms with van der Waals surface area (Å²) in [5, 5.41) is 0. The third-order valence-electron chi connectivity index (χ3n) is 4.51. The molecule has 2 aromatic carbocycles. The third kappa shape index (κ3) is 3.52. The van der Waals surface area contributed by atoms with Crippen LogP contribution >= 0.6 is 0 Å². The molecule has 0 amide bonds. The Kier molecular flexibility index (Phi) is 5.15. The number of hydrogen-bond donors (Lipinski definition) is 0. The highest BCUT2D eigenvalue weighted by Gasteiger charge is 2.30. The normalized spacial score (nSPS) is 15.9. The zero-order valence-corrected chi connectivity index (χ0v) is 15.4. The van der Waals surface area contributed by atoms with Crippen molar-refractivity contribution in [2.75, 3.05) is 38.2 Å². The molecule has 0 bridgehead atoms. The number of rotatable bonds is 4. The molecule has 5 nitrogen and oxygen atoms in total. The zero-order chi connectivity index (χ0) is 18.9. The predicted octanol–water partition coefficient (Wildman–Crippen LogP) is 2.79. The second-order valence-corrected chi connectivity index (χ2v) is 8.03. The number of sulfonamides is 1. The highest BCUT2D eigenvalue weighted by Crippen LogP contribution is 2.26. The molecule has 1 saturated heterocycles. The van der Waals surface area contributed by atoms with E-state index in [1.165, 1.54) is 17.5 Å². The van der Waals surface area contributed by atoms with Gasteiger partial charge < -0.3 is 9.64 Å². The number of aryl methyl sites for hydroxylation is 1. The van der Waals surface area contributed by atoms with Gasteiger partial charge in [0, 0.05) is 37.9 Å². The summed E-state index contributed by atoms with van der Waals surface area (Å²) in [7, 11) is -2.09. The first-order valence-electron chi connectivity index (χ1n) is 8.17. The van der Waals surface area contributed by atoms with E-state index >= 15 is 0 Å². The van der Waals surface area contributed by atoms with Gasteiger partial charge in [-0.1, -0.05) is 0 Å². The molecule has 3 rings (SSSR count). The van der Waals surface area contributed by atoms with E-state index in [0.29, 0.717) is 30.1 Å². The fraction of sp³-hybridized carbons (Fsp3) is 0.333. The molecule has 0 atom stereocenters. The van der Waals surface area contributed by atoms with E-state index in [-0.39, 0.29) is 18.0 Å². The SMILES string of the molecule is COc1ccc(S(=O)(=O)N2CCN(c3ccc(F)c(F)c3)CC2)c(C)c1. The molecule has 8 heteroatoms. The standard InChI is InChI=1S/C18H20F2N2O3S/c1-13-11-15(25-2)4-6-18(13)26(23,24)22-9-7-21(8-10-22)14-3-5-16(19)17(20)12-14/h3-6,11-12H,7-10H2,1-2H3. The number of ether oxygens (including phenoxy) is 1. The van der Waals surface area contributed by atoms with Crippen LogP contribution in [0.1, 0.15) is 5.56 Å². The largest absolute Gasteiger partial charge is 0.497 e. The molecule has 0 aliphatic carbocycles. The van der Waals surface area contributed by atoms with Gasteiger partial charge in [-0.25, -0.2) is 17.2 Å². The maximum atomic E-state index is 13.4. The quantitative estimate of drug-likeness (QED) is 0.816. The molecule has 1 fully saturated rings. The summed E-state index contributed by atoms with van der Waals surface area (Å²) in [5.74, 6) is -1.21. The van der Waals surface area contributed by atoms with Gasteiger partial charge in [0.25, 0.3) is 0 Å². The number of anilines is 1. The number of halogens is 2. The average molecular weight is 382 g/mol. The minimum Gasteiger partial charge on any atom is -0.497 e. The minimum atomic E-state index is -3.62. The predicted molar refractivity (Wildman–Crippen MR) is 95.1 cm³/mol. The molecular weight excluding hydrogens is 362 g/mol. The lowest BCUT2D eigenvalue weighted by Gasteiger charge is -2.35. The van der Waals surface area contributed by atoms with Crippen LogP contribution in [0.25, 0.3) is 0 Å². The number of benzene rings is 2. The summed E-state index contributed by atoms with van der Waals surface area (Å²) in [6.45, 7) is 3.07. The van der Waals surface area contributed by atoms with E-state index in [2.05, 4.69) is 0 Å². The van der Waals surface area contributed by atoms with Crippen molar-refractivity contribution in [2.45, 2.75) is 11.8 Å². The lowest BCUT2D eigenvalue weighted by atomic mass is 10.2. The average Bonchev–Trinajstić information content (AvgIpc) is 2.63. The molecule has 0 saturated carbocycles. The van der Waals surface area contributed by atoms with Crippen molar-refractivity contribution in [3.63, 3.8) is 0 Å². The molecule has 0 spiro atoms. The molecule has 1 aliphatic rings. The first kappa shape index (κ1) is 18.6. The Balaban J connectivity index is 1.75. The van der Waals surface area contributed by atoms with Crippen molar-refractivity contribution in [2.24, 2.45) is 0 Å². The minimum absolute atomic E-state index is 0.250. The van der Waals surface area contributed by atoms with E-state index in [1.54, 1.807) is 25.1 Å². The van der Waals surface area contributed by atoms with E-state index < -0.39 is 21.7 Å². The van der Waals surface area contributed by atoms with Gasteiger partial charge in [0.2, 0.25) is 10.0 Å². The van der Waals surface area contributed by atoms with Crippen LogP contribution in [-0.2, 0) is 10.0 Å². The summed E-state index contributed by atoms with van der Waals surface area (Å²) in [5.41, 5.74) is 1.16. The Labute approximate surface area is 151 Å². The van der Waals surface area contributed by atoms with Crippen molar-refractivity contribution < 1.29 is 21.9 Å². The van der Waals surface area contributed by atoms with Gasteiger partial charge in [-0.3, -0.25) is 0 Å². The Morgan fingerprint density at radius 1 is 0.962 bits per heavy atom. The summed E-state index contributed by atoms with van der Waals surface area (Å²) in [4.78, 5) is 2.09. The molecule has 1 aliphatic heterocycles. The van der Waals surface area contributed by atoms with E-state index in [1.807, 2.05) is 4.90 Å². The fourth-order valence-corrected chi connectivity index (χ4v) is 4.67. The van der Waals surface area contributed by atoms with Crippen LogP contribution in [-0.4, -0.2) is 46.0 Å². The van der Waals surface area contributed by atoms with E-state index in [0.717, 1.165) is 12.1 Å². The fourth-order valence-electron chi connectivity index (χ4n) is 3.05. The van der Waals surface area contributed by atoms with Crippen LogP contribution < -0.4 is 9.64 Å². The highest BCUT2D eigenvalue weighted by atomic mass is 32.2. The van der Waals surface area contributed by atoms with Gasteiger partial charge in [0.15, 0.2) is 11.6 Å². The van der Waals surface area contributed by atoms with Crippen LogP contribution in [0, 0.1) is 18.6 Å². The lowest BCUT2D eigenvalue weighted by Crippen LogP contribution is -2.48. The van der Waals surface area contributed by atoms with Crippen molar-refractivity contribution in [1.29, 1.82) is 0 Å².